The second-order valence-electron chi connectivity index (χ2n) is 8.42. The number of thioether (sulfide) groups is 1. The Labute approximate surface area is 188 Å². The molecule has 2 aromatic rings. The Balaban J connectivity index is 1.35. The summed E-state index contributed by atoms with van der Waals surface area (Å²) in [7, 11) is 0. The summed E-state index contributed by atoms with van der Waals surface area (Å²) in [5.41, 5.74) is 2.88. The fourth-order valence-electron chi connectivity index (χ4n) is 4.67. The molecule has 1 N–H and O–H groups in total. The lowest BCUT2D eigenvalue weighted by Gasteiger charge is -2.38. The first-order valence-electron chi connectivity index (χ1n) is 11.1. The molecule has 1 unspecified atom stereocenters. The summed E-state index contributed by atoms with van der Waals surface area (Å²) >= 11 is 1.50. The van der Waals surface area contributed by atoms with Gasteiger partial charge in [-0.15, -0.1) is 11.8 Å². The summed E-state index contributed by atoms with van der Waals surface area (Å²) in [6.45, 7) is 6.80. The molecule has 0 spiro atoms. The van der Waals surface area contributed by atoms with Gasteiger partial charge < -0.3 is 15.1 Å². The van der Waals surface area contributed by atoms with E-state index in [0.29, 0.717) is 12.1 Å². The van der Waals surface area contributed by atoms with Crippen LogP contribution in [0.1, 0.15) is 37.3 Å². The number of hydrogen-bond donors (Lipinski definition) is 1. The minimum absolute atomic E-state index is 0.0911. The van der Waals surface area contributed by atoms with E-state index < -0.39 is 0 Å². The molecule has 0 saturated carbocycles. The molecule has 5 nitrogen and oxygen atoms in total. The second-order valence-corrected chi connectivity index (χ2v) is 9.30. The summed E-state index contributed by atoms with van der Waals surface area (Å²) in [6.07, 6.45) is 7.47. The van der Waals surface area contributed by atoms with E-state index in [-0.39, 0.29) is 23.8 Å². The highest BCUT2D eigenvalue weighted by Crippen LogP contribution is 2.29. The minimum Gasteiger partial charge on any atom is -0.371 e. The van der Waals surface area contributed by atoms with E-state index in [1.54, 1.807) is 6.07 Å². The van der Waals surface area contributed by atoms with Gasteiger partial charge in [0.15, 0.2) is 0 Å². The Morgan fingerprint density at radius 2 is 1.97 bits per heavy atom. The first kappa shape index (κ1) is 21.9. The van der Waals surface area contributed by atoms with E-state index in [1.807, 2.05) is 23.4 Å². The lowest BCUT2D eigenvalue weighted by Crippen LogP contribution is -2.47. The van der Waals surface area contributed by atoms with Crippen LogP contribution >= 0.6 is 11.8 Å². The number of nitrogens with zero attached hydrogens (tertiary/aromatic N) is 3. The van der Waals surface area contributed by atoms with E-state index in [4.69, 9.17) is 0 Å². The first-order chi connectivity index (χ1) is 15.0. The van der Waals surface area contributed by atoms with Crippen molar-refractivity contribution in [1.29, 1.82) is 0 Å². The van der Waals surface area contributed by atoms with Gasteiger partial charge in [0, 0.05) is 36.8 Å². The van der Waals surface area contributed by atoms with Gasteiger partial charge in [-0.05, 0) is 68.2 Å². The predicted octanol–water partition coefficient (Wildman–Crippen LogP) is 4.50. The average molecular weight is 443 g/mol. The van der Waals surface area contributed by atoms with Crippen molar-refractivity contribution in [3.8, 4) is 0 Å². The van der Waals surface area contributed by atoms with Gasteiger partial charge >= 0.3 is 0 Å². The summed E-state index contributed by atoms with van der Waals surface area (Å²) in [5.74, 6) is 0.851. The highest BCUT2D eigenvalue weighted by atomic mass is 32.2. The number of anilines is 2. The molecule has 2 aliphatic heterocycles. The molecule has 2 aliphatic rings. The topological polar surface area (TPSA) is 48.5 Å². The summed E-state index contributed by atoms with van der Waals surface area (Å²) in [5, 5.41) is 3.14. The molecule has 31 heavy (non-hydrogen) atoms. The molecule has 4 rings (SSSR count). The summed E-state index contributed by atoms with van der Waals surface area (Å²) in [6, 6.07) is 7.25. The van der Waals surface area contributed by atoms with Gasteiger partial charge in [-0.25, -0.2) is 9.37 Å². The summed E-state index contributed by atoms with van der Waals surface area (Å²) in [4.78, 5) is 22.9. The number of carbonyl (C=O) groups excluding carboxylic acids is 1. The van der Waals surface area contributed by atoms with Crippen molar-refractivity contribution < 1.29 is 9.18 Å². The van der Waals surface area contributed by atoms with Gasteiger partial charge in [0.1, 0.15) is 17.7 Å². The lowest BCUT2D eigenvalue weighted by atomic mass is 10.0. The molecule has 1 atom stereocenters. The van der Waals surface area contributed by atoms with Crippen molar-refractivity contribution in [3.05, 3.63) is 47.4 Å². The molecule has 0 radical (unpaired) electrons. The number of benzene rings is 1. The Kier molecular flexibility index (Phi) is 6.70. The molecule has 166 valence electrons. The van der Waals surface area contributed by atoms with Crippen LogP contribution in [0.25, 0.3) is 0 Å². The number of likely N-dealkylation sites (tertiary alicyclic amines) is 1. The van der Waals surface area contributed by atoms with E-state index in [2.05, 4.69) is 35.1 Å². The van der Waals surface area contributed by atoms with Gasteiger partial charge in [-0.1, -0.05) is 13.0 Å². The third kappa shape index (κ3) is 4.66. The molecule has 3 heterocycles. The molecule has 2 fully saturated rings. The monoisotopic (exact) mass is 442 g/mol. The van der Waals surface area contributed by atoms with Crippen LogP contribution < -0.4 is 10.2 Å². The van der Waals surface area contributed by atoms with Crippen LogP contribution in [0.4, 0.5) is 15.9 Å². The SMILES string of the molecule is CCc1cnc(N2CCC(N3CCC(Nc4ccc(SC)cc4F)C3=O)CC2)c(C)c1. The van der Waals surface area contributed by atoms with Crippen LogP contribution in [0, 0.1) is 12.7 Å². The van der Waals surface area contributed by atoms with Crippen LogP contribution in [-0.4, -0.2) is 53.8 Å². The number of halogens is 1. The number of hydrogen-bond acceptors (Lipinski definition) is 5. The average Bonchev–Trinajstić information content (AvgIpc) is 3.15. The van der Waals surface area contributed by atoms with Gasteiger partial charge in [0.2, 0.25) is 5.91 Å². The maximum atomic E-state index is 14.3. The Bertz CT molecular complexity index is 945. The third-order valence-corrected chi connectivity index (χ3v) is 7.19. The maximum absolute atomic E-state index is 14.3. The molecular formula is C24H31FN4OS. The second kappa shape index (κ2) is 9.47. The van der Waals surface area contributed by atoms with Crippen molar-refractivity contribution in [2.75, 3.05) is 36.1 Å². The van der Waals surface area contributed by atoms with Crippen molar-refractivity contribution in [1.82, 2.24) is 9.88 Å². The zero-order valence-electron chi connectivity index (χ0n) is 18.5. The molecule has 7 heteroatoms. The standard InChI is InChI=1S/C24H31FN4OS/c1-4-17-13-16(2)23(26-15-17)28-10-7-18(8-11-28)29-12-9-22(24(29)30)27-21-6-5-19(31-3)14-20(21)25/h5-6,13-15,18,22,27H,4,7-12H2,1-3H3. The zero-order valence-corrected chi connectivity index (χ0v) is 19.3. The minimum atomic E-state index is -0.349. The smallest absolute Gasteiger partial charge is 0.245 e. The zero-order chi connectivity index (χ0) is 22.0. The number of aryl methyl sites for hydroxylation is 2. The largest absolute Gasteiger partial charge is 0.371 e. The van der Waals surface area contributed by atoms with Crippen molar-refractivity contribution in [2.45, 2.75) is 56.5 Å². The van der Waals surface area contributed by atoms with Crippen LogP contribution in [0.3, 0.4) is 0 Å². The van der Waals surface area contributed by atoms with Gasteiger partial charge in [-0.2, -0.15) is 0 Å². The molecule has 0 bridgehead atoms. The number of aromatic nitrogens is 1. The fraction of sp³-hybridized carbons (Fsp3) is 0.500. The predicted molar refractivity (Wildman–Crippen MR) is 126 cm³/mol. The normalized spacial score (nSPS) is 19.9. The van der Waals surface area contributed by atoms with Crippen molar-refractivity contribution in [3.63, 3.8) is 0 Å². The molecular weight excluding hydrogens is 411 g/mol. The van der Waals surface area contributed by atoms with E-state index >= 15 is 0 Å². The maximum Gasteiger partial charge on any atom is 0.245 e. The molecule has 0 aliphatic carbocycles. The van der Waals surface area contributed by atoms with E-state index in [9.17, 15) is 9.18 Å². The van der Waals surface area contributed by atoms with Gasteiger partial charge in [0.05, 0.1) is 5.69 Å². The van der Waals surface area contributed by atoms with Crippen LogP contribution in [0.15, 0.2) is 35.4 Å². The lowest BCUT2D eigenvalue weighted by molar-refractivity contribution is -0.130. The molecule has 1 amide bonds. The molecule has 1 aromatic carbocycles. The number of piperidine rings is 1. The van der Waals surface area contributed by atoms with E-state index in [1.165, 1.54) is 29.0 Å². The van der Waals surface area contributed by atoms with Crippen LogP contribution in [0.2, 0.25) is 0 Å². The van der Waals surface area contributed by atoms with Crippen LogP contribution in [0.5, 0.6) is 0 Å². The van der Waals surface area contributed by atoms with Crippen LogP contribution in [-0.2, 0) is 11.2 Å². The number of rotatable bonds is 6. The van der Waals surface area contributed by atoms with Crippen molar-refractivity contribution in [2.24, 2.45) is 0 Å². The highest BCUT2D eigenvalue weighted by molar-refractivity contribution is 7.98. The molecule has 2 saturated heterocycles. The van der Waals surface area contributed by atoms with Crippen molar-refractivity contribution >= 4 is 29.2 Å². The number of pyridine rings is 1. The Hall–Kier alpha value is -2.28. The number of carbonyl (C=O) groups is 1. The third-order valence-electron chi connectivity index (χ3n) is 6.47. The highest BCUT2D eigenvalue weighted by Gasteiger charge is 2.37. The molecule has 1 aromatic heterocycles. The number of nitrogens with one attached hydrogen (secondary N) is 1. The Morgan fingerprint density at radius 3 is 2.61 bits per heavy atom. The van der Waals surface area contributed by atoms with E-state index in [0.717, 1.165) is 49.6 Å². The quantitative estimate of drug-likeness (QED) is 0.668. The number of amides is 1. The summed E-state index contributed by atoms with van der Waals surface area (Å²) < 4.78 is 14.3. The first-order valence-corrected chi connectivity index (χ1v) is 12.3. The Morgan fingerprint density at radius 1 is 1.19 bits per heavy atom. The van der Waals surface area contributed by atoms with Gasteiger partial charge in [-0.3, -0.25) is 4.79 Å². The fourth-order valence-corrected chi connectivity index (χ4v) is 5.09. The van der Waals surface area contributed by atoms with Gasteiger partial charge in [0.25, 0.3) is 0 Å².